The summed E-state index contributed by atoms with van der Waals surface area (Å²) in [6.45, 7) is 2.51. The number of piperidine rings is 1. The highest BCUT2D eigenvalue weighted by Gasteiger charge is 2.22. The van der Waals surface area contributed by atoms with E-state index in [0.717, 1.165) is 31.1 Å². The van der Waals surface area contributed by atoms with Crippen LogP contribution in [0.15, 0.2) is 40.9 Å². The van der Waals surface area contributed by atoms with Crippen LogP contribution < -0.4 is 10.5 Å². The minimum atomic E-state index is -0.0718. The Bertz CT molecular complexity index is 835. The Morgan fingerprint density at radius 1 is 1.25 bits per heavy atom. The van der Waals surface area contributed by atoms with Gasteiger partial charge in [0.25, 0.3) is 5.56 Å². The second kappa shape index (κ2) is 6.52. The van der Waals surface area contributed by atoms with Crippen molar-refractivity contribution in [1.29, 1.82) is 0 Å². The molecule has 3 aromatic rings. The molecule has 0 saturated carbocycles. The Labute approximate surface area is 142 Å². The third kappa shape index (κ3) is 3.07. The zero-order valence-corrected chi connectivity index (χ0v) is 13.8. The number of anilines is 1. The largest absolute Gasteiger partial charge is 0.347 e. The molecule has 0 unspecified atom stereocenters. The fourth-order valence-electron chi connectivity index (χ4n) is 2.95. The molecule has 4 heterocycles. The summed E-state index contributed by atoms with van der Waals surface area (Å²) in [5, 5.41) is 17.6. The van der Waals surface area contributed by atoms with Gasteiger partial charge in [-0.3, -0.25) is 4.79 Å². The topological polar surface area (TPSA) is 81.7 Å². The van der Waals surface area contributed by atoms with Crippen LogP contribution in [0.5, 0.6) is 0 Å². The van der Waals surface area contributed by atoms with Crippen LogP contribution in [0.1, 0.15) is 12.8 Å². The molecule has 1 aliphatic heterocycles. The average molecular weight is 343 g/mol. The fourth-order valence-corrected chi connectivity index (χ4v) is 3.57. The molecule has 24 heavy (non-hydrogen) atoms. The number of nitrogens with zero attached hydrogens (tertiary/aromatic N) is 7. The SMILES string of the molecule is O=c1ccc(-n2cccn2)nn1CC1CCN(c2nncs2)CC1. The van der Waals surface area contributed by atoms with Crippen molar-refractivity contribution < 1.29 is 0 Å². The minimum Gasteiger partial charge on any atom is -0.347 e. The first-order chi connectivity index (χ1) is 11.8. The van der Waals surface area contributed by atoms with E-state index in [9.17, 15) is 4.79 Å². The quantitative estimate of drug-likeness (QED) is 0.708. The molecule has 0 N–H and O–H groups in total. The maximum Gasteiger partial charge on any atom is 0.266 e. The number of aromatic nitrogens is 6. The standard InChI is InChI=1S/C15H17N7OS/c23-14-3-2-13(21-7-1-6-17-21)19-22(14)10-12-4-8-20(9-5-12)15-18-16-11-24-15/h1-3,6-7,11-12H,4-5,8-10H2. The Balaban J connectivity index is 1.44. The van der Waals surface area contributed by atoms with Crippen LogP contribution in [0.4, 0.5) is 5.13 Å². The van der Waals surface area contributed by atoms with E-state index >= 15 is 0 Å². The van der Waals surface area contributed by atoms with Crippen molar-refractivity contribution in [2.45, 2.75) is 19.4 Å². The van der Waals surface area contributed by atoms with Gasteiger partial charge in [0.2, 0.25) is 5.13 Å². The first-order valence-electron chi connectivity index (χ1n) is 7.89. The zero-order valence-electron chi connectivity index (χ0n) is 13.0. The zero-order chi connectivity index (χ0) is 16.4. The van der Waals surface area contributed by atoms with Crippen LogP contribution in [-0.4, -0.2) is 42.8 Å². The highest BCUT2D eigenvalue weighted by molar-refractivity contribution is 7.13. The lowest BCUT2D eigenvalue weighted by molar-refractivity contribution is 0.334. The monoisotopic (exact) mass is 343 g/mol. The van der Waals surface area contributed by atoms with E-state index < -0.39 is 0 Å². The van der Waals surface area contributed by atoms with E-state index in [0.29, 0.717) is 18.3 Å². The molecule has 124 valence electrons. The van der Waals surface area contributed by atoms with Crippen molar-refractivity contribution in [1.82, 2.24) is 29.8 Å². The van der Waals surface area contributed by atoms with Gasteiger partial charge in [-0.2, -0.15) is 5.10 Å². The molecule has 0 spiro atoms. The predicted octanol–water partition coefficient (Wildman–Crippen LogP) is 1.20. The Morgan fingerprint density at radius 2 is 2.12 bits per heavy atom. The molecule has 8 nitrogen and oxygen atoms in total. The Hall–Kier alpha value is -2.55. The second-order valence-corrected chi connectivity index (χ2v) is 6.63. The third-order valence-corrected chi connectivity index (χ3v) is 5.01. The summed E-state index contributed by atoms with van der Waals surface area (Å²) < 4.78 is 3.22. The Morgan fingerprint density at radius 3 is 2.83 bits per heavy atom. The molecule has 9 heteroatoms. The van der Waals surface area contributed by atoms with Crippen molar-refractivity contribution >= 4 is 16.5 Å². The summed E-state index contributed by atoms with van der Waals surface area (Å²) in [4.78, 5) is 14.4. The van der Waals surface area contributed by atoms with Gasteiger partial charge in [-0.25, -0.2) is 9.36 Å². The lowest BCUT2D eigenvalue weighted by Gasteiger charge is -2.31. The lowest BCUT2D eigenvalue weighted by Crippen LogP contribution is -2.37. The van der Waals surface area contributed by atoms with E-state index in [1.165, 1.54) is 0 Å². The van der Waals surface area contributed by atoms with Gasteiger partial charge in [0.05, 0.1) is 0 Å². The van der Waals surface area contributed by atoms with Crippen molar-refractivity contribution in [3.05, 3.63) is 46.5 Å². The summed E-state index contributed by atoms with van der Waals surface area (Å²) in [6.07, 6.45) is 5.54. The maximum atomic E-state index is 12.1. The van der Waals surface area contributed by atoms with Crippen LogP contribution in [0.25, 0.3) is 5.82 Å². The maximum absolute atomic E-state index is 12.1. The van der Waals surface area contributed by atoms with Gasteiger partial charge in [0.15, 0.2) is 5.82 Å². The molecule has 0 aliphatic carbocycles. The molecule has 1 fully saturated rings. The third-order valence-electron chi connectivity index (χ3n) is 4.26. The van der Waals surface area contributed by atoms with Crippen molar-refractivity contribution in [3.8, 4) is 5.82 Å². The summed E-state index contributed by atoms with van der Waals surface area (Å²) in [6, 6.07) is 5.09. The molecule has 0 atom stereocenters. The highest BCUT2D eigenvalue weighted by atomic mass is 32.1. The normalized spacial score (nSPS) is 15.8. The molecular weight excluding hydrogens is 326 g/mol. The van der Waals surface area contributed by atoms with Gasteiger partial charge in [0.1, 0.15) is 5.51 Å². The molecule has 0 radical (unpaired) electrons. The van der Waals surface area contributed by atoms with Crippen LogP contribution in [0.3, 0.4) is 0 Å². The smallest absolute Gasteiger partial charge is 0.266 e. The second-order valence-electron chi connectivity index (χ2n) is 5.81. The highest BCUT2D eigenvalue weighted by Crippen LogP contribution is 2.24. The van der Waals surface area contributed by atoms with Gasteiger partial charge < -0.3 is 4.90 Å². The van der Waals surface area contributed by atoms with E-state index in [1.54, 1.807) is 44.5 Å². The molecule has 4 rings (SSSR count). The first kappa shape index (κ1) is 15.0. The molecule has 3 aromatic heterocycles. The fraction of sp³-hybridized carbons (Fsp3) is 0.400. The van der Waals surface area contributed by atoms with Crippen LogP contribution >= 0.6 is 11.3 Å². The summed E-state index contributed by atoms with van der Waals surface area (Å²) in [5.41, 5.74) is 1.68. The minimum absolute atomic E-state index is 0.0718. The van der Waals surface area contributed by atoms with Crippen molar-refractivity contribution in [3.63, 3.8) is 0 Å². The van der Waals surface area contributed by atoms with Crippen LogP contribution in [0.2, 0.25) is 0 Å². The molecule has 0 aromatic carbocycles. The van der Waals surface area contributed by atoms with Gasteiger partial charge >= 0.3 is 0 Å². The predicted molar refractivity (Wildman–Crippen MR) is 90.5 cm³/mol. The van der Waals surface area contributed by atoms with Crippen LogP contribution in [0, 0.1) is 5.92 Å². The Kier molecular flexibility index (Phi) is 4.08. The summed E-state index contributed by atoms with van der Waals surface area (Å²) in [7, 11) is 0. The first-order valence-corrected chi connectivity index (χ1v) is 8.77. The molecular formula is C15H17N7OS. The van der Waals surface area contributed by atoms with Crippen molar-refractivity contribution in [2.24, 2.45) is 5.92 Å². The van der Waals surface area contributed by atoms with E-state index in [-0.39, 0.29) is 5.56 Å². The number of hydrogen-bond acceptors (Lipinski definition) is 7. The van der Waals surface area contributed by atoms with Gasteiger partial charge in [-0.05, 0) is 30.9 Å². The van der Waals surface area contributed by atoms with E-state index in [2.05, 4.69) is 25.3 Å². The average Bonchev–Trinajstić information content (AvgIpc) is 3.31. The van der Waals surface area contributed by atoms with E-state index in [4.69, 9.17) is 0 Å². The number of rotatable bonds is 4. The van der Waals surface area contributed by atoms with Crippen LogP contribution in [-0.2, 0) is 6.54 Å². The summed E-state index contributed by atoms with van der Waals surface area (Å²) in [5.74, 6) is 1.10. The van der Waals surface area contributed by atoms with Crippen molar-refractivity contribution in [2.75, 3.05) is 18.0 Å². The summed E-state index contributed by atoms with van der Waals surface area (Å²) >= 11 is 1.56. The number of hydrogen-bond donors (Lipinski definition) is 0. The molecule has 1 saturated heterocycles. The molecule has 0 bridgehead atoms. The molecule has 1 aliphatic rings. The van der Waals surface area contributed by atoms with Gasteiger partial charge in [-0.1, -0.05) is 11.3 Å². The molecule has 0 amide bonds. The van der Waals surface area contributed by atoms with Gasteiger partial charge in [-0.15, -0.1) is 15.3 Å². The van der Waals surface area contributed by atoms with E-state index in [1.807, 2.05) is 12.3 Å². The lowest BCUT2D eigenvalue weighted by atomic mass is 9.97. The van der Waals surface area contributed by atoms with Gasteiger partial charge in [0, 0.05) is 38.1 Å².